The van der Waals surface area contributed by atoms with E-state index in [1.54, 1.807) is 32.0 Å². The minimum absolute atomic E-state index is 0.0441. The number of benzene rings is 1. The van der Waals surface area contributed by atoms with E-state index in [2.05, 4.69) is 0 Å². The van der Waals surface area contributed by atoms with Gasteiger partial charge in [0, 0.05) is 12.1 Å². The highest BCUT2D eigenvalue weighted by Crippen LogP contribution is 2.34. The van der Waals surface area contributed by atoms with Gasteiger partial charge in [-0.25, -0.2) is 16.8 Å². The number of sulfonamides is 1. The van der Waals surface area contributed by atoms with Crippen molar-refractivity contribution in [2.24, 2.45) is 0 Å². The van der Waals surface area contributed by atoms with E-state index in [1.165, 1.54) is 4.31 Å². The topological polar surface area (TPSA) is 71.5 Å². The van der Waals surface area contributed by atoms with E-state index in [-0.39, 0.29) is 22.9 Å². The van der Waals surface area contributed by atoms with Crippen molar-refractivity contribution in [1.82, 2.24) is 4.31 Å². The lowest BCUT2D eigenvalue weighted by molar-refractivity contribution is 0.243. The zero-order chi connectivity index (χ0) is 16.8. The first-order valence-electron chi connectivity index (χ1n) is 7.32. The molecule has 0 unspecified atom stereocenters. The van der Waals surface area contributed by atoms with Gasteiger partial charge < -0.3 is 0 Å². The van der Waals surface area contributed by atoms with Crippen LogP contribution in [0.25, 0.3) is 0 Å². The maximum atomic E-state index is 13.0. The van der Waals surface area contributed by atoms with E-state index in [9.17, 15) is 16.8 Å². The average molecular weight is 345 g/mol. The minimum Gasteiger partial charge on any atom is -0.229 e. The zero-order valence-corrected chi connectivity index (χ0v) is 15.1. The number of sulfone groups is 1. The van der Waals surface area contributed by atoms with Crippen LogP contribution in [-0.4, -0.2) is 44.7 Å². The van der Waals surface area contributed by atoms with Gasteiger partial charge in [-0.05, 0) is 50.5 Å². The van der Waals surface area contributed by atoms with Gasteiger partial charge in [0.05, 0.1) is 16.4 Å². The number of nitrogens with zero attached hydrogens (tertiary/aromatic N) is 1. The van der Waals surface area contributed by atoms with Gasteiger partial charge in [0.2, 0.25) is 10.0 Å². The molecule has 1 aromatic rings. The molecular weight excluding hydrogens is 322 g/mol. The Labute approximate surface area is 133 Å². The van der Waals surface area contributed by atoms with Crippen LogP contribution in [-0.2, 0) is 19.9 Å². The maximum Gasteiger partial charge on any atom is 0.243 e. The third kappa shape index (κ3) is 3.07. The molecule has 0 aliphatic carbocycles. The fourth-order valence-corrected chi connectivity index (χ4v) is 7.15. The number of rotatable bonds is 4. The minimum atomic E-state index is -3.71. The summed E-state index contributed by atoms with van der Waals surface area (Å²) in [6.45, 7) is 7.51. The number of aryl methyl sites for hydroxylation is 2. The Kier molecular flexibility index (Phi) is 4.45. The summed E-state index contributed by atoms with van der Waals surface area (Å²) in [5.41, 5.74) is 1.06. The monoisotopic (exact) mass is 345 g/mol. The van der Waals surface area contributed by atoms with Crippen LogP contribution < -0.4 is 0 Å². The van der Waals surface area contributed by atoms with E-state index in [1.807, 2.05) is 13.8 Å². The van der Waals surface area contributed by atoms with Gasteiger partial charge in [0.1, 0.15) is 0 Å². The summed E-state index contributed by atoms with van der Waals surface area (Å²) in [6.07, 6.45) is 0.341. The molecule has 0 saturated carbocycles. The largest absolute Gasteiger partial charge is 0.243 e. The van der Waals surface area contributed by atoms with Crippen LogP contribution in [0.4, 0.5) is 0 Å². The standard InChI is InChI=1S/C15H23NO4S2/c1-5-16(15(4)8-9-21(17,18)11-15)22(19,20)14-7-6-12(2)13(3)10-14/h6-7,10H,5,8-9,11H2,1-4H3/t15-/m0/s1. The van der Waals surface area contributed by atoms with Crippen LogP contribution in [0.15, 0.2) is 23.1 Å². The Morgan fingerprint density at radius 3 is 2.32 bits per heavy atom. The summed E-state index contributed by atoms with van der Waals surface area (Å²) < 4.78 is 50.9. The first-order valence-corrected chi connectivity index (χ1v) is 10.6. The van der Waals surface area contributed by atoms with Crippen LogP contribution in [0.2, 0.25) is 0 Å². The third-order valence-electron chi connectivity index (χ3n) is 4.44. The molecule has 0 aromatic heterocycles. The summed E-state index contributed by atoms with van der Waals surface area (Å²) in [7, 11) is -6.89. The summed E-state index contributed by atoms with van der Waals surface area (Å²) in [5, 5.41) is 0. The number of hydrogen-bond donors (Lipinski definition) is 0. The molecule has 1 aliphatic heterocycles. The second-order valence-corrected chi connectivity index (χ2v) is 10.3. The molecule has 1 aromatic carbocycles. The molecule has 2 rings (SSSR count). The van der Waals surface area contributed by atoms with Crippen molar-refractivity contribution < 1.29 is 16.8 Å². The third-order valence-corrected chi connectivity index (χ3v) is 8.45. The van der Waals surface area contributed by atoms with E-state index in [0.717, 1.165) is 11.1 Å². The molecule has 1 heterocycles. The highest BCUT2D eigenvalue weighted by atomic mass is 32.2. The van der Waals surface area contributed by atoms with Crippen LogP contribution in [0.3, 0.4) is 0 Å². The zero-order valence-electron chi connectivity index (χ0n) is 13.5. The molecule has 0 spiro atoms. The Bertz CT molecular complexity index is 784. The molecule has 1 saturated heterocycles. The van der Waals surface area contributed by atoms with E-state index < -0.39 is 25.4 Å². The smallest absolute Gasteiger partial charge is 0.229 e. The molecule has 1 aliphatic rings. The van der Waals surface area contributed by atoms with Gasteiger partial charge in [-0.2, -0.15) is 4.31 Å². The molecule has 22 heavy (non-hydrogen) atoms. The molecule has 1 atom stereocenters. The summed E-state index contributed by atoms with van der Waals surface area (Å²) in [6, 6.07) is 5.02. The van der Waals surface area contributed by atoms with Crippen LogP contribution >= 0.6 is 0 Å². The van der Waals surface area contributed by atoms with Crippen LogP contribution in [0.1, 0.15) is 31.4 Å². The predicted octanol–water partition coefficient (Wildman–Crippen LogP) is 1.89. The Balaban J connectivity index is 2.48. The average Bonchev–Trinajstić information content (AvgIpc) is 2.67. The lowest BCUT2D eigenvalue weighted by atomic mass is 10.0. The van der Waals surface area contributed by atoms with Crippen LogP contribution in [0, 0.1) is 13.8 Å². The highest BCUT2D eigenvalue weighted by Gasteiger charge is 2.47. The normalized spacial score (nSPS) is 24.8. The maximum absolute atomic E-state index is 13.0. The van der Waals surface area contributed by atoms with Crippen LogP contribution in [0.5, 0.6) is 0 Å². The van der Waals surface area contributed by atoms with Gasteiger partial charge in [0.15, 0.2) is 9.84 Å². The van der Waals surface area contributed by atoms with Gasteiger partial charge in [-0.1, -0.05) is 13.0 Å². The van der Waals surface area contributed by atoms with Gasteiger partial charge in [0.25, 0.3) is 0 Å². The van der Waals surface area contributed by atoms with Gasteiger partial charge in [-0.15, -0.1) is 0 Å². The Hall–Kier alpha value is -0.920. The van der Waals surface area contributed by atoms with Crippen molar-refractivity contribution in [1.29, 1.82) is 0 Å². The fourth-order valence-electron chi connectivity index (χ4n) is 3.03. The van der Waals surface area contributed by atoms with Crippen molar-refractivity contribution in [3.63, 3.8) is 0 Å². The molecular formula is C15H23NO4S2. The van der Waals surface area contributed by atoms with Crippen molar-refractivity contribution in [3.05, 3.63) is 29.3 Å². The lowest BCUT2D eigenvalue weighted by Crippen LogP contribution is -2.50. The quantitative estimate of drug-likeness (QED) is 0.835. The SMILES string of the molecule is CCN([C@@]1(C)CCS(=O)(=O)C1)S(=O)(=O)c1ccc(C)c(C)c1. The Morgan fingerprint density at radius 1 is 1.23 bits per heavy atom. The molecule has 0 amide bonds. The highest BCUT2D eigenvalue weighted by molar-refractivity contribution is 7.92. The predicted molar refractivity (Wildman–Crippen MR) is 87.2 cm³/mol. The second-order valence-electron chi connectivity index (χ2n) is 6.25. The number of hydrogen-bond acceptors (Lipinski definition) is 4. The molecule has 1 fully saturated rings. The van der Waals surface area contributed by atoms with E-state index >= 15 is 0 Å². The van der Waals surface area contributed by atoms with Crippen molar-refractivity contribution >= 4 is 19.9 Å². The molecule has 5 nitrogen and oxygen atoms in total. The second kappa shape index (κ2) is 5.62. The Morgan fingerprint density at radius 2 is 1.86 bits per heavy atom. The summed E-state index contributed by atoms with van der Waals surface area (Å²) in [5.74, 6) is -0.0691. The fraction of sp³-hybridized carbons (Fsp3) is 0.600. The molecule has 124 valence electrons. The van der Waals surface area contributed by atoms with Crippen molar-refractivity contribution in [2.75, 3.05) is 18.1 Å². The van der Waals surface area contributed by atoms with Gasteiger partial charge in [-0.3, -0.25) is 0 Å². The molecule has 0 bridgehead atoms. The molecule has 0 N–H and O–H groups in total. The van der Waals surface area contributed by atoms with E-state index in [0.29, 0.717) is 6.42 Å². The first-order chi connectivity index (χ1) is 10.0. The van der Waals surface area contributed by atoms with Crippen molar-refractivity contribution in [3.8, 4) is 0 Å². The van der Waals surface area contributed by atoms with E-state index in [4.69, 9.17) is 0 Å². The summed E-state index contributed by atoms with van der Waals surface area (Å²) >= 11 is 0. The van der Waals surface area contributed by atoms with Gasteiger partial charge >= 0.3 is 0 Å². The molecule has 0 radical (unpaired) electrons. The molecule has 7 heteroatoms. The lowest BCUT2D eigenvalue weighted by Gasteiger charge is -2.35. The first kappa shape index (κ1) is 17.4. The summed E-state index contributed by atoms with van der Waals surface area (Å²) in [4.78, 5) is 0.225. The van der Waals surface area contributed by atoms with Crippen molar-refractivity contribution in [2.45, 2.75) is 44.6 Å².